The highest BCUT2D eigenvalue weighted by Crippen LogP contribution is 2.36. The minimum Gasteiger partial charge on any atom is -0.367 e. The van der Waals surface area contributed by atoms with Gasteiger partial charge in [0, 0.05) is 50.2 Å². The number of nitrogens with zero attached hydrogens (tertiary/aromatic N) is 3. The Bertz CT molecular complexity index is 736. The number of aromatic nitrogens is 1. The van der Waals surface area contributed by atoms with E-state index in [2.05, 4.69) is 14.8 Å². The van der Waals surface area contributed by atoms with Crippen molar-refractivity contribution < 1.29 is 4.79 Å². The first kappa shape index (κ1) is 14.9. The fourth-order valence-electron chi connectivity index (χ4n) is 3.59. The lowest BCUT2D eigenvalue weighted by molar-refractivity contribution is -0.107. The van der Waals surface area contributed by atoms with E-state index in [1.54, 1.807) is 6.20 Å². The van der Waals surface area contributed by atoms with Crippen molar-refractivity contribution in [2.24, 2.45) is 0 Å². The van der Waals surface area contributed by atoms with Crippen LogP contribution in [0.5, 0.6) is 0 Å². The Labute approximate surface area is 141 Å². The van der Waals surface area contributed by atoms with E-state index >= 15 is 0 Å². The van der Waals surface area contributed by atoms with Gasteiger partial charge in [0.1, 0.15) is 6.29 Å². The van der Waals surface area contributed by atoms with Crippen molar-refractivity contribution in [3.8, 4) is 0 Å². The van der Waals surface area contributed by atoms with Gasteiger partial charge in [0.25, 0.3) is 0 Å². The fraction of sp³-hybridized carbons (Fsp3) is 0.444. The van der Waals surface area contributed by atoms with Crippen LogP contribution < -0.4 is 4.90 Å². The summed E-state index contributed by atoms with van der Waals surface area (Å²) in [7, 11) is 0. The molecular formula is C18H20ClN3O. The zero-order valence-electron chi connectivity index (χ0n) is 13.0. The molecule has 1 saturated heterocycles. The van der Waals surface area contributed by atoms with Gasteiger partial charge in [-0.05, 0) is 36.6 Å². The normalized spacial score (nSPS) is 19.3. The van der Waals surface area contributed by atoms with Gasteiger partial charge < -0.3 is 9.69 Å². The number of fused-ring (bicyclic) bond motifs is 1. The number of benzene rings is 1. The molecule has 0 bridgehead atoms. The van der Waals surface area contributed by atoms with Crippen LogP contribution in [0.3, 0.4) is 0 Å². The molecule has 4 rings (SSSR count). The molecule has 2 aromatic rings. The lowest BCUT2D eigenvalue weighted by Crippen LogP contribution is -2.47. The Morgan fingerprint density at radius 3 is 2.74 bits per heavy atom. The van der Waals surface area contributed by atoms with E-state index in [0.717, 1.165) is 60.7 Å². The first-order chi connectivity index (χ1) is 11.3. The number of anilines is 1. The van der Waals surface area contributed by atoms with Gasteiger partial charge in [0.15, 0.2) is 0 Å². The monoisotopic (exact) mass is 329 g/mol. The summed E-state index contributed by atoms with van der Waals surface area (Å²) in [4.78, 5) is 20.7. The van der Waals surface area contributed by atoms with Crippen molar-refractivity contribution in [1.82, 2.24) is 9.88 Å². The van der Waals surface area contributed by atoms with Crippen LogP contribution in [-0.2, 0) is 11.2 Å². The molecule has 1 aromatic carbocycles. The fourth-order valence-corrected chi connectivity index (χ4v) is 3.87. The summed E-state index contributed by atoms with van der Waals surface area (Å²) < 4.78 is 0. The van der Waals surface area contributed by atoms with Gasteiger partial charge in [-0.15, -0.1) is 0 Å². The zero-order valence-corrected chi connectivity index (χ0v) is 13.8. The largest absolute Gasteiger partial charge is 0.367 e. The molecule has 2 aliphatic rings. The molecule has 2 heterocycles. The lowest BCUT2D eigenvalue weighted by atomic mass is 10.0. The molecule has 1 aliphatic carbocycles. The van der Waals surface area contributed by atoms with Crippen molar-refractivity contribution in [1.29, 1.82) is 0 Å². The van der Waals surface area contributed by atoms with E-state index in [0.29, 0.717) is 11.4 Å². The smallest absolute Gasteiger partial charge is 0.124 e. The van der Waals surface area contributed by atoms with E-state index in [1.807, 2.05) is 18.2 Å². The van der Waals surface area contributed by atoms with E-state index in [4.69, 9.17) is 11.6 Å². The summed E-state index contributed by atoms with van der Waals surface area (Å²) in [5.74, 6) is 0. The zero-order chi connectivity index (χ0) is 15.8. The van der Waals surface area contributed by atoms with E-state index in [1.165, 1.54) is 12.8 Å². The van der Waals surface area contributed by atoms with Crippen LogP contribution in [0, 0.1) is 0 Å². The number of aldehydes is 1. The van der Waals surface area contributed by atoms with Gasteiger partial charge >= 0.3 is 0 Å². The molecule has 2 fully saturated rings. The van der Waals surface area contributed by atoms with E-state index < -0.39 is 0 Å². The number of carbonyl (C=O) groups is 1. The summed E-state index contributed by atoms with van der Waals surface area (Å²) in [6.45, 7) is 4.13. The predicted molar refractivity (Wildman–Crippen MR) is 93.3 cm³/mol. The number of halogens is 1. The maximum Gasteiger partial charge on any atom is 0.124 e. The van der Waals surface area contributed by atoms with Crippen molar-refractivity contribution in [2.45, 2.75) is 25.3 Å². The van der Waals surface area contributed by atoms with Crippen molar-refractivity contribution in [3.05, 3.63) is 35.0 Å². The molecule has 23 heavy (non-hydrogen) atoms. The number of rotatable bonds is 4. The van der Waals surface area contributed by atoms with Gasteiger partial charge in [-0.3, -0.25) is 9.88 Å². The second kappa shape index (κ2) is 6.10. The van der Waals surface area contributed by atoms with Crippen molar-refractivity contribution in [2.75, 3.05) is 31.1 Å². The molecule has 0 radical (unpaired) electrons. The van der Waals surface area contributed by atoms with Crippen molar-refractivity contribution >= 4 is 34.5 Å². The molecule has 1 aliphatic heterocycles. The Morgan fingerprint density at radius 2 is 2.04 bits per heavy atom. The second-order valence-electron chi connectivity index (χ2n) is 6.39. The molecule has 0 unspecified atom stereocenters. The van der Waals surface area contributed by atoms with E-state index in [-0.39, 0.29) is 0 Å². The van der Waals surface area contributed by atoms with Crippen LogP contribution >= 0.6 is 11.6 Å². The molecule has 120 valence electrons. The molecule has 0 N–H and O–H groups in total. The highest BCUT2D eigenvalue weighted by molar-refractivity contribution is 6.36. The maximum absolute atomic E-state index is 11.1. The molecule has 0 spiro atoms. The Kier molecular flexibility index (Phi) is 3.95. The highest BCUT2D eigenvalue weighted by atomic mass is 35.5. The molecule has 5 heteroatoms. The Balaban J connectivity index is 1.73. The number of pyridine rings is 1. The van der Waals surface area contributed by atoms with Gasteiger partial charge in [-0.25, -0.2) is 0 Å². The molecule has 1 saturated carbocycles. The third-order valence-corrected chi connectivity index (χ3v) is 5.20. The second-order valence-corrected chi connectivity index (χ2v) is 6.80. The number of hydrogen-bond donors (Lipinski definition) is 0. The maximum atomic E-state index is 11.1. The lowest BCUT2D eigenvalue weighted by Gasteiger charge is -2.37. The van der Waals surface area contributed by atoms with Gasteiger partial charge in [0.2, 0.25) is 0 Å². The summed E-state index contributed by atoms with van der Waals surface area (Å²) in [5.41, 5.74) is 2.99. The third kappa shape index (κ3) is 2.81. The quantitative estimate of drug-likeness (QED) is 0.808. The Morgan fingerprint density at radius 1 is 1.26 bits per heavy atom. The van der Waals surface area contributed by atoms with Crippen LogP contribution in [0.4, 0.5) is 5.69 Å². The summed E-state index contributed by atoms with van der Waals surface area (Å²) in [6.07, 6.45) is 5.83. The molecule has 0 amide bonds. The predicted octanol–water partition coefficient (Wildman–Crippen LogP) is 2.91. The van der Waals surface area contributed by atoms with E-state index in [9.17, 15) is 4.79 Å². The summed E-state index contributed by atoms with van der Waals surface area (Å²) in [5, 5.41) is 1.63. The number of hydrogen-bond acceptors (Lipinski definition) is 4. The summed E-state index contributed by atoms with van der Waals surface area (Å²) in [6, 6.07) is 6.65. The van der Waals surface area contributed by atoms with Crippen LogP contribution in [0.2, 0.25) is 5.02 Å². The average molecular weight is 330 g/mol. The van der Waals surface area contributed by atoms with Crippen LogP contribution in [0.1, 0.15) is 18.4 Å². The SMILES string of the molecule is O=CCc1cc(Cl)c2cccnc2c1N1CCN(C2CC2)CC1. The first-order valence-electron chi connectivity index (χ1n) is 8.26. The third-order valence-electron chi connectivity index (χ3n) is 4.89. The van der Waals surface area contributed by atoms with Crippen LogP contribution in [0.25, 0.3) is 10.9 Å². The van der Waals surface area contributed by atoms with Crippen molar-refractivity contribution in [3.63, 3.8) is 0 Å². The van der Waals surface area contributed by atoms with Gasteiger partial charge in [-0.2, -0.15) is 0 Å². The topological polar surface area (TPSA) is 36.4 Å². The summed E-state index contributed by atoms with van der Waals surface area (Å²) >= 11 is 6.40. The molecule has 0 atom stereocenters. The standard InChI is InChI=1S/C18H20ClN3O/c19-16-12-13(5-11-23)18(17-15(16)2-1-6-20-17)22-9-7-21(8-10-22)14-3-4-14/h1-2,6,11-12,14H,3-5,7-10H2. The minimum atomic E-state index is 0.379. The highest BCUT2D eigenvalue weighted by Gasteiger charge is 2.32. The molecule has 1 aromatic heterocycles. The minimum absolute atomic E-state index is 0.379. The van der Waals surface area contributed by atoms with Crippen LogP contribution in [0.15, 0.2) is 24.4 Å². The van der Waals surface area contributed by atoms with Gasteiger partial charge in [-0.1, -0.05) is 11.6 Å². The first-order valence-corrected chi connectivity index (χ1v) is 8.64. The molecular weight excluding hydrogens is 310 g/mol. The molecule has 4 nitrogen and oxygen atoms in total. The van der Waals surface area contributed by atoms with Gasteiger partial charge in [0.05, 0.1) is 16.2 Å². The number of carbonyl (C=O) groups excluding carboxylic acids is 1. The average Bonchev–Trinajstić information content (AvgIpc) is 3.41. The number of piperazine rings is 1. The van der Waals surface area contributed by atoms with Crippen LogP contribution in [-0.4, -0.2) is 48.4 Å². The Hall–Kier alpha value is -1.65.